The van der Waals surface area contributed by atoms with E-state index in [9.17, 15) is 0 Å². The summed E-state index contributed by atoms with van der Waals surface area (Å²) in [6.07, 6.45) is 21.1. The van der Waals surface area contributed by atoms with Gasteiger partial charge in [-0.3, -0.25) is 0 Å². The van der Waals surface area contributed by atoms with E-state index >= 15 is 0 Å². The van der Waals surface area contributed by atoms with Crippen LogP contribution in [0.2, 0.25) is 0 Å². The third-order valence-electron chi connectivity index (χ3n) is 7.98. The average Bonchev–Trinajstić information content (AvgIpc) is 3.64. The highest BCUT2D eigenvalue weighted by atomic mass is 16.6. The summed E-state index contributed by atoms with van der Waals surface area (Å²) in [6.45, 7) is 0. The second kappa shape index (κ2) is 8.88. The molecule has 0 aromatic heterocycles. The van der Waals surface area contributed by atoms with Gasteiger partial charge in [0.2, 0.25) is 0 Å². The van der Waals surface area contributed by atoms with Crippen LogP contribution in [0.3, 0.4) is 0 Å². The van der Waals surface area contributed by atoms with E-state index in [4.69, 9.17) is 9.47 Å². The predicted octanol–water partition coefficient (Wildman–Crippen LogP) is 6.32. The van der Waals surface area contributed by atoms with Gasteiger partial charge in [-0.2, -0.15) is 0 Å². The Morgan fingerprint density at radius 2 is 1.25 bits per heavy atom. The lowest BCUT2D eigenvalue weighted by molar-refractivity contribution is 0.254. The van der Waals surface area contributed by atoms with Crippen molar-refractivity contribution in [1.29, 1.82) is 0 Å². The molecule has 2 saturated heterocycles. The standard InChI is InChI=1S/C13H22O.C13H16O/c2*1-2-4-10(5-3-1)8-11-6-7-12-13(9-11)14-12/h10-13H,1-9H2;1-5,11-13H,6-9H2. The molecule has 0 amide bonds. The van der Waals surface area contributed by atoms with Gasteiger partial charge in [-0.25, -0.2) is 0 Å². The SMILES string of the molecule is C1CCC(CC2CCC3OC3C2)CC1.c1ccc(CC2CCC3OC3C2)cc1. The van der Waals surface area contributed by atoms with E-state index in [1.807, 2.05) is 0 Å². The number of benzene rings is 1. The Balaban J connectivity index is 0.000000122. The quantitative estimate of drug-likeness (QED) is 0.569. The first-order chi connectivity index (χ1) is 13.8. The molecule has 6 atom stereocenters. The van der Waals surface area contributed by atoms with Crippen LogP contribution in [0, 0.1) is 17.8 Å². The second-order valence-corrected chi connectivity index (χ2v) is 10.2. The molecule has 0 N–H and O–H groups in total. The molecule has 5 fully saturated rings. The largest absolute Gasteiger partial charge is 0.370 e. The molecule has 5 aliphatic rings. The maximum atomic E-state index is 5.60. The van der Waals surface area contributed by atoms with Crippen molar-refractivity contribution >= 4 is 0 Å². The van der Waals surface area contributed by atoms with Gasteiger partial charge in [0, 0.05) is 0 Å². The predicted molar refractivity (Wildman–Crippen MR) is 113 cm³/mol. The minimum Gasteiger partial charge on any atom is -0.370 e. The average molecular weight is 383 g/mol. The minimum atomic E-state index is 0.623. The van der Waals surface area contributed by atoms with Gasteiger partial charge in [-0.05, 0) is 74.7 Å². The molecule has 154 valence electrons. The van der Waals surface area contributed by atoms with Crippen molar-refractivity contribution in [2.75, 3.05) is 0 Å². The molecule has 0 bridgehead atoms. The van der Waals surface area contributed by atoms with Crippen molar-refractivity contribution in [1.82, 2.24) is 0 Å². The Morgan fingerprint density at radius 1 is 0.607 bits per heavy atom. The summed E-state index contributed by atoms with van der Waals surface area (Å²) in [5.74, 6) is 2.95. The molecule has 28 heavy (non-hydrogen) atoms. The second-order valence-electron chi connectivity index (χ2n) is 10.2. The van der Waals surface area contributed by atoms with Crippen molar-refractivity contribution in [2.24, 2.45) is 17.8 Å². The van der Waals surface area contributed by atoms with Crippen LogP contribution >= 0.6 is 0 Å². The summed E-state index contributed by atoms with van der Waals surface area (Å²) in [6, 6.07) is 10.8. The van der Waals surface area contributed by atoms with Gasteiger partial charge in [0.05, 0.1) is 24.4 Å². The van der Waals surface area contributed by atoms with Gasteiger partial charge in [0.25, 0.3) is 0 Å². The molecule has 3 aliphatic carbocycles. The lowest BCUT2D eigenvalue weighted by atomic mass is 9.78. The fourth-order valence-corrected chi connectivity index (χ4v) is 6.21. The Labute approximate surface area is 171 Å². The third kappa shape index (κ3) is 5.19. The van der Waals surface area contributed by atoms with Crippen LogP contribution < -0.4 is 0 Å². The molecule has 6 unspecified atom stereocenters. The van der Waals surface area contributed by atoms with E-state index in [0.29, 0.717) is 24.4 Å². The smallest absolute Gasteiger partial charge is 0.0844 e. The molecule has 0 radical (unpaired) electrons. The highest BCUT2D eigenvalue weighted by Gasteiger charge is 2.44. The van der Waals surface area contributed by atoms with Crippen molar-refractivity contribution in [3.8, 4) is 0 Å². The van der Waals surface area contributed by atoms with Crippen LogP contribution in [0.15, 0.2) is 30.3 Å². The summed E-state index contributed by atoms with van der Waals surface area (Å²) in [7, 11) is 0. The summed E-state index contributed by atoms with van der Waals surface area (Å²) in [4.78, 5) is 0. The summed E-state index contributed by atoms with van der Waals surface area (Å²) < 4.78 is 11.1. The Bertz CT molecular complexity index is 608. The Morgan fingerprint density at radius 3 is 1.93 bits per heavy atom. The van der Waals surface area contributed by atoms with Crippen LogP contribution in [0.25, 0.3) is 0 Å². The monoisotopic (exact) mass is 382 g/mol. The fourth-order valence-electron chi connectivity index (χ4n) is 6.21. The number of epoxide rings is 2. The molecule has 3 saturated carbocycles. The third-order valence-corrected chi connectivity index (χ3v) is 7.98. The molecule has 2 nitrogen and oxygen atoms in total. The van der Waals surface area contributed by atoms with E-state index < -0.39 is 0 Å². The summed E-state index contributed by atoms with van der Waals surface area (Å²) in [5, 5.41) is 0. The summed E-state index contributed by atoms with van der Waals surface area (Å²) in [5.41, 5.74) is 1.48. The molecular formula is C26H38O2. The minimum absolute atomic E-state index is 0.623. The first-order valence-corrected chi connectivity index (χ1v) is 12.2. The first kappa shape index (κ1) is 19.1. The highest BCUT2D eigenvalue weighted by molar-refractivity contribution is 5.15. The molecule has 2 heterocycles. The van der Waals surface area contributed by atoms with Gasteiger partial charge in [-0.15, -0.1) is 0 Å². The molecule has 1 aromatic rings. The highest BCUT2D eigenvalue weighted by Crippen LogP contribution is 2.43. The number of hydrogen-bond donors (Lipinski definition) is 0. The van der Waals surface area contributed by atoms with E-state index in [2.05, 4.69) is 30.3 Å². The van der Waals surface area contributed by atoms with E-state index in [1.54, 1.807) is 0 Å². The van der Waals surface area contributed by atoms with Crippen LogP contribution in [0.4, 0.5) is 0 Å². The van der Waals surface area contributed by atoms with Crippen LogP contribution in [0.1, 0.15) is 82.6 Å². The number of hydrogen-bond acceptors (Lipinski definition) is 2. The van der Waals surface area contributed by atoms with Gasteiger partial charge < -0.3 is 9.47 Å². The van der Waals surface area contributed by atoms with E-state index in [0.717, 1.165) is 17.8 Å². The molecule has 0 spiro atoms. The first-order valence-electron chi connectivity index (χ1n) is 12.2. The summed E-state index contributed by atoms with van der Waals surface area (Å²) >= 11 is 0. The zero-order valence-corrected chi connectivity index (χ0v) is 17.4. The Hall–Kier alpha value is -0.860. The van der Waals surface area contributed by atoms with E-state index in [1.165, 1.54) is 89.0 Å². The lowest BCUT2D eigenvalue weighted by Gasteiger charge is -2.27. The maximum absolute atomic E-state index is 5.60. The Kier molecular flexibility index (Phi) is 6.06. The van der Waals surface area contributed by atoms with E-state index in [-0.39, 0.29) is 0 Å². The van der Waals surface area contributed by atoms with Crippen molar-refractivity contribution in [3.05, 3.63) is 35.9 Å². The topological polar surface area (TPSA) is 25.1 Å². The molecule has 2 heteroatoms. The number of ether oxygens (including phenoxy) is 2. The molecular weight excluding hydrogens is 344 g/mol. The number of rotatable bonds is 4. The maximum Gasteiger partial charge on any atom is 0.0844 e. The van der Waals surface area contributed by atoms with Crippen molar-refractivity contribution in [3.63, 3.8) is 0 Å². The normalized spacial score (nSPS) is 39.1. The van der Waals surface area contributed by atoms with Crippen LogP contribution in [-0.4, -0.2) is 24.4 Å². The van der Waals surface area contributed by atoms with Gasteiger partial charge >= 0.3 is 0 Å². The zero-order valence-electron chi connectivity index (χ0n) is 17.4. The molecule has 6 rings (SSSR count). The van der Waals surface area contributed by atoms with Gasteiger partial charge in [0.15, 0.2) is 0 Å². The van der Waals surface area contributed by atoms with Gasteiger partial charge in [0.1, 0.15) is 0 Å². The van der Waals surface area contributed by atoms with Crippen LogP contribution in [-0.2, 0) is 15.9 Å². The fraction of sp³-hybridized carbons (Fsp3) is 0.769. The van der Waals surface area contributed by atoms with Gasteiger partial charge in [-0.1, -0.05) is 62.4 Å². The zero-order chi connectivity index (χ0) is 18.8. The van der Waals surface area contributed by atoms with Crippen LogP contribution in [0.5, 0.6) is 0 Å². The molecule has 1 aromatic carbocycles. The lowest BCUT2D eigenvalue weighted by Crippen LogP contribution is -2.18. The van der Waals surface area contributed by atoms with Crippen molar-refractivity contribution in [2.45, 2.75) is 108 Å². The number of fused-ring (bicyclic) bond motifs is 2. The van der Waals surface area contributed by atoms with Crippen molar-refractivity contribution < 1.29 is 9.47 Å². The molecule has 2 aliphatic heterocycles.